The van der Waals surface area contributed by atoms with Crippen LogP contribution in [0.25, 0.3) is 5.00 Å². The molecule has 0 N–H and O–H groups in total. The molecule has 1 atom stereocenters. The molecule has 4 rings (SSSR count). The molecular formula is C22H24N4O2S. The predicted molar refractivity (Wildman–Crippen MR) is 114 cm³/mol. The van der Waals surface area contributed by atoms with E-state index >= 15 is 0 Å². The highest BCUT2D eigenvalue weighted by molar-refractivity contribution is 7.13. The fourth-order valence-corrected chi connectivity index (χ4v) is 4.36. The minimum atomic E-state index is -0.548. The van der Waals surface area contributed by atoms with Gasteiger partial charge in [0, 0.05) is 11.1 Å². The molecule has 6 nitrogen and oxygen atoms in total. The lowest BCUT2D eigenvalue weighted by Gasteiger charge is -2.20. The Morgan fingerprint density at radius 3 is 2.55 bits per heavy atom. The molecule has 3 heterocycles. The highest BCUT2D eigenvalue weighted by Crippen LogP contribution is 2.35. The van der Waals surface area contributed by atoms with E-state index in [-0.39, 0.29) is 12.4 Å². The van der Waals surface area contributed by atoms with Crippen LogP contribution in [0.5, 0.6) is 0 Å². The number of aryl methyl sites for hydroxylation is 2. The first-order valence-corrected chi connectivity index (χ1v) is 10.5. The van der Waals surface area contributed by atoms with Crippen LogP contribution in [-0.4, -0.2) is 32.0 Å². The third kappa shape index (κ3) is 3.87. The molecule has 0 bridgehead atoms. The van der Waals surface area contributed by atoms with Crippen molar-refractivity contribution in [3.05, 3.63) is 64.1 Å². The number of carbonyl (C=O) groups is 1. The molecule has 150 valence electrons. The maximum absolute atomic E-state index is 12.6. The lowest BCUT2D eigenvalue weighted by molar-refractivity contribution is -0.155. The molecule has 0 radical (unpaired) electrons. The number of fused-ring (bicyclic) bond motifs is 3. The summed E-state index contributed by atoms with van der Waals surface area (Å²) >= 11 is 1.62. The van der Waals surface area contributed by atoms with Crippen LogP contribution in [0.4, 0.5) is 0 Å². The summed E-state index contributed by atoms with van der Waals surface area (Å²) in [6.45, 7) is 9.57. The molecule has 1 aromatic carbocycles. The zero-order valence-electron chi connectivity index (χ0n) is 17.3. The molecular weight excluding hydrogens is 384 g/mol. The molecule has 0 spiro atoms. The monoisotopic (exact) mass is 408 g/mol. The third-order valence-electron chi connectivity index (χ3n) is 4.64. The second-order valence-electron chi connectivity index (χ2n) is 8.23. The van der Waals surface area contributed by atoms with Gasteiger partial charge in [0.25, 0.3) is 0 Å². The molecule has 3 aromatic rings. The summed E-state index contributed by atoms with van der Waals surface area (Å²) in [5.74, 6) is 1.14. The molecule has 0 aliphatic carbocycles. The van der Waals surface area contributed by atoms with Crippen LogP contribution in [0, 0.1) is 13.8 Å². The van der Waals surface area contributed by atoms with Crippen molar-refractivity contribution >= 4 is 23.0 Å². The predicted octanol–water partition coefficient (Wildman–Crippen LogP) is 4.57. The largest absolute Gasteiger partial charge is 0.460 e. The average molecular weight is 409 g/mol. The van der Waals surface area contributed by atoms with Crippen LogP contribution >= 0.6 is 11.3 Å². The van der Waals surface area contributed by atoms with Crippen LogP contribution in [-0.2, 0) is 9.53 Å². The van der Waals surface area contributed by atoms with Gasteiger partial charge in [-0.3, -0.25) is 14.4 Å². The summed E-state index contributed by atoms with van der Waals surface area (Å²) in [6, 6.07) is 9.88. The quantitative estimate of drug-likeness (QED) is 0.595. The number of aliphatic imine (C=N–C) groups is 1. The molecule has 1 aliphatic rings. The summed E-state index contributed by atoms with van der Waals surface area (Å²) in [7, 11) is 0. The lowest BCUT2D eigenvalue weighted by Crippen LogP contribution is -2.25. The van der Waals surface area contributed by atoms with Crippen LogP contribution in [0.1, 0.15) is 61.6 Å². The first-order valence-electron chi connectivity index (χ1n) is 9.60. The van der Waals surface area contributed by atoms with Gasteiger partial charge in [-0.25, -0.2) is 0 Å². The molecule has 1 aliphatic heterocycles. The van der Waals surface area contributed by atoms with E-state index in [1.54, 1.807) is 11.3 Å². The number of esters is 1. The van der Waals surface area contributed by atoms with Gasteiger partial charge in [0.2, 0.25) is 0 Å². The fourth-order valence-electron chi connectivity index (χ4n) is 3.40. The van der Waals surface area contributed by atoms with Crippen molar-refractivity contribution in [1.29, 1.82) is 0 Å². The average Bonchev–Trinajstić information content (AvgIpc) is 3.21. The van der Waals surface area contributed by atoms with Crippen LogP contribution in [0.2, 0.25) is 0 Å². The van der Waals surface area contributed by atoms with Crippen molar-refractivity contribution in [3.63, 3.8) is 0 Å². The van der Waals surface area contributed by atoms with Crippen LogP contribution < -0.4 is 0 Å². The number of hydrogen-bond acceptors (Lipinski definition) is 6. The summed E-state index contributed by atoms with van der Waals surface area (Å²) in [5.41, 5.74) is 3.54. The lowest BCUT2D eigenvalue weighted by atomic mass is 10.0. The standard InChI is InChI=1S/C22H24N4O2S/c1-13-6-8-15(9-7-13)19-16-10-11-29-21(16)26-14(2)24-25-20(26)17(23-19)12-18(27)28-22(3,4)5/h6-11,17H,12H2,1-5H3/t17-/m0/s1. The van der Waals surface area contributed by atoms with Crippen LogP contribution in [0.3, 0.4) is 0 Å². The molecule has 0 saturated heterocycles. The smallest absolute Gasteiger partial charge is 0.308 e. The summed E-state index contributed by atoms with van der Waals surface area (Å²) in [6.07, 6.45) is 0.111. The summed E-state index contributed by atoms with van der Waals surface area (Å²) in [4.78, 5) is 17.6. The Bertz CT molecular complexity index is 1090. The van der Waals surface area contributed by atoms with Gasteiger partial charge >= 0.3 is 5.97 Å². The van der Waals surface area contributed by atoms with Crippen LogP contribution in [0.15, 0.2) is 40.7 Å². The maximum Gasteiger partial charge on any atom is 0.308 e. The fraction of sp³-hybridized carbons (Fsp3) is 0.364. The van der Waals surface area contributed by atoms with Gasteiger partial charge in [-0.1, -0.05) is 29.8 Å². The van der Waals surface area contributed by atoms with Gasteiger partial charge in [-0.15, -0.1) is 21.5 Å². The van der Waals surface area contributed by atoms with Gasteiger partial charge in [-0.05, 0) is 46.1 Å². The highest BCUT2D eigenvalue weighted by Gasteiger charge is 2.31. The Morgan fingerprint density at radius 1 is 1.14 bits per heavy atom. The molecule has 0 fully saturated rings. The minimum absolute atomic E-state index is 0.111. The van der Waals surface area contributed by atoms with Gasteiger partial charge in [0.05, 0.1) is 12.1 Å². The molecule has 29 heavy (non-hydrogen) atoms. The van der Waals surface area contributed by atoms with Crippen molar-refractivity contribution in [2.75, 3.05) is 0 Å². The number of ether oxygens (including phenoxy) is 1. The molecule has 7 heteroatoms. The van der Waals surface area contributed by atoms with E-state index in [0.29, 0.717) is 5.82 Å². The number of benzene rings is 1. The van der Waals surface area contributed by atoms with Crippen molar-refractivity contribution in [3.8, 4) is 5.00 Å². The summed E-state index contributed by atoms with van der Waals surface area (Å²) < 4.78 is 7.57. The number of carbonyl (C=O) groups excluding carboxylic acids is 1. The SMILES string of the molecule is Cc1ccc(C2=N[C@@H](CC(=O)OC(C)(C)C)c3nnc(C)n3-c3sccc32)cc1. The van der Waals surface area contributed by atoms with E-state index in [9.17, 15) is 4.79 Å². The Balaban J connectivity index is 1.84. The number of hydrogen-bond donors (Lipinski definition) is 0. The zero-order chi connectivity index (χ0) is 20.8. The van der Waals surface area contributed by atoms with Crippen molar-refractivity contribution in [2.45, 2.75) is 52.7 Å². The second-order valence-corrected chi connectivity index (χ2v) is 9.12. The Morgan fingerprint density at radius 2 is 1.86 bits per heavy atom. The van der Waals surface area contributed by atoms with Gasteiger partial charge in [0.15, 0.2) is 5.82 Å². The van der Waals surface area contributed by atoms with E-state index in [1.807, 2.05) is 37.6 Å². The Kier molecular flexibility index (Phi) is 4.86. The highest BCUT2D eigenvalue weighted by atomic mass is 32.1. The number of aromatic nitrogens is 3. The normalized spacial score (nSPS) is 15.9. The zero-order valence-corrected chi connectivity index (χ0v) is 18.1. The van der Waals surface area contributed by atoms with E-state index < -0.39 is 11.6 Å². The second kappa shape index (κ2) is 7.22. The Hall–Kier alpha value is -2.80. The first-order chi connectivity index (χ1) is 13.7. The number of nitrogens with zero attached hydrogens (tertiary/aromatic N) is 4. The van der Waals surface area contributed by atoms with Gasteiger partial charge < -0.3 is 4.74 Å². The van der Waals surface area contributed by atoms with Crippen molar-refractivity contribution in [1.82, 2.24) is 14.8 Å². The van der Waals surface area contributed by atoms with Gasteiger partial charge in [0.1, 0.15) is 22.5 Å². The third-order valence-corrected chi connectivity index (χ3v) is 5.54. The van der Waals surface area contributed by atoms with E-state index in [0.717, 1.165) is 27.7 Å². The molecule has 0 unspecified atom stereocenters. The molecule has 0 saturated carbocycles. The number of rotatable bonds is 3. The first kappa shape index (κ1) is 19.5. The van der Waals surface area contributed by atoms with E-state index in [1.165, 1.54) is 5.56 Å². The van der Waals surface area contributed by atoms with E-state index in [2.05, 4.69) is 47.5 Å². The van der Waals surface area contributed by atoms with Gasteiger partial charge in [-0.2, -0.15) is 0 Å². The van der Waals surface area contributed by atoms with Crippen molar-refractivity contribution < 1.29 is 9.53 Å². The molecule has 2 aromatic heterocycles. The minimum Gasteiger partial charge on any atom is -0.460 e. The topological polar surface area (TPSA) is 69.4 Å². The van der Waals surface area contributed by atoms with E-state index in [4.69, 9.17) is 9.73 Å². The number of thiophene rings is 1. The summed E-state index contributed by atoms with van der Waals surface area (Å²) in [5, 5.41) is 11.7. The van der Waals surface area contributed by atoms with Crippen molar-refractivity contribution in [2.24, 2.45) is 4.99 Å². The Labute approximate surface area is 174 Å². The molecule has 0 amide bonds. The maximum atomic E-state index is 12.6.